The first-order valence-electron chi connectivity index (χ1n) is 6.98. The van der Waals surface area contributed by atoms with Crippen molar-refractivity contribution >= 4 is 10.2 Å². The van der Waals surface area contributed by atoms with Crippen LogP contribution in [0.5, 0.6) is 0 Å². The summed E-state index contributed by atoms with van der Waals surface area (Å²) in [4.78, 5) is 0. The van der Waals surface area contributed by atoms with Crippen LogP contribution in [0, 0.1) is 5.92 Å². The molecule has 0 heterocycles. The van der Waals surface area contributed by atoms with Crippen LogP contribution in [-0.2, 0) is 10.2 Å². The van der Waals surface area contributed by atoms with Gasteiger partial charge in [-0.05, 0) is 44.7 Å². The molecule has 6 heteroatoms. The molecule has 1 aliphatic carbocycles. The van der Waals surface area contributed by atoms with Crippen molar-refractivity contribution in [1.82, 2.24) is 14.3 Å². The van der Waals surface area contributed by atoms with Gasteiger partial charge >= 0.3 is 0 Å². The van der Waals surface area contributed by atoms with Gasteiger partial charge in [0, 0.05) is 20.1 Å². The van der Waals surface area contributed by atoms with Crippen molar-refractivity contribution in [2.75, 3.05) is 33.2 Å². The van der Waals surface area contributed by atoms with Gasteiger partial charge in [0.25, 0.3) is 10.2 Å². The minimum atomic E-state index is -3.27. The zero-order valence-electron chi connectivity index (χ0n) is 11.6. The van der Waals surface area contributed by atoms with Crippen LogP contribution in [0.4, 0.5) is 0 Å². The Labute approximate surface area is 112 Å². The van der Waals surface area contributed by atoms with Gasteiger partial charge in [-0.2, -0.15) is 12.7 Å². The first-order chi connectivity index (χ1) is 8.56. The summed E-state index contributed by atoms with van der Waals surface area (Å²) in [7, 11) is -1.63. The van der Waals surface area contributed by atoms with Crippen molar-refractivity contribution in [3.63, 3.8) is 0 Å². The fourth-order valence-electron chi connectivity index (χ4n) is 1.88. The SMILES string of the molecule is CCCNCCCN(C)S(=O)(=O)NCC1CCC1. The lowest BCUT2D eigenvalue weighted by Crippen LogP contribution is -2.42. The molecule has 0 aromatic rings. The Balaban J connectivity index is 2.14. The van der Waals surface area contributed by atoms with Crippen molar-refractivity contribution < 1.29 is 8.42 Å². The molecule has 0 radical (unpaired) electrons. The van der Waals surface area contributed by atoms with E-state index < -0.39 is 10.2 Å². The maximum absolute atomic E-state index is 11.9. The molecule has 0 bridgehead atoms. The second-order valence-corrected chi connectivity index (χ2v) is 6.94. The highest BCUT2D eigenvalue weighted by Crippen LogP contribution is 2.25. The monoisotopic (exact) mass is 277 g/mol. The average molecular weight is 277 g/mol. The fraction of sp³-hybridized carbons (Fsp3) is 1.00. The summed E-state index contributed by atoms with van der Waals surface area (Å²) in [5.41, 5.74) is 0. The Kier molecular flexibility index (Phi) is 7.14. The molecule has 5 nitrogen and oxygen atoms in total. The zero-order chi connectivity index (χ0) is 13.4. The van der Waals surface area contributed by atoms with E-state index in [0.29, 0.717) is 19.0 Å². The second-order valence-electron chi connectivity index (χ2n) is 5.08. The molecule has 1 saturated carbocycles. The van der Waals surface area contributed by atoms with Crippen molar-refractivity contribution in [2.45, 2.75) is 39.0 Å². The molecule has 1 fully saturated rings. The molecule has 0 aromatic carbocycles. The highest BCUT2D eigenvalue weighted by atomic mass is 32.2. The molecule has 1 rings (SSSR count). The average Bonchev–Trinajstić information content (AvgIpc) is 2.26. The highest BCUT2D eigenvalue weighted by molar-refractivity contribution is 7.87. The summed E-state index contributed by atoms with van der Waals surface area (Å²) >= 11 is 0. The first-order valence-corrected chi connectivity index (χ1v) is 8.42. The van der Waals surface area contributed by atoms with Gasteiger partial charge in [-0.3, -0.25) is 0 Å². The first kappa shape index (κ1) is 15.9. The maximum Gasteiger partial charge on any atom is 0.279 e. The predicted molar refractivity (Wildman–Crippen MR) is 74.7 cm³/mol. The Morgan fingerprint density at radius 1 is 1.28 bits per heavy atom. The highest BCUT2D eigenvalue weighted by Gasteiger charge is 2.22. The van der Waals surface area contributed by atoms with Crippen molar-refractivity contribution in [3.05, 3.63) is 0 Å². The van der Waals surface area contributed by atoms with E-state index in [4.69, 9.17) is 0 Å². The van der Waals surface area contributed by atoms with Gasteiger partial charge in [0.1, 0.15) is 0 Å². The molecule has 1 aliphatic rings. The number of nitrogens with one attached hydrogen (secondary N) is 2. The third-order valence-corrected chi connectivity index (χ3v) is 4.98. The second kappa shape index (κ2) is 8.09. The zero-order valence-corrected chi connectivity index (χ0v) is 12.4. The molecule has 0 aliphatic heterocycles. The molecule has 0 unspecified atom stereocenters. The molecular weight excluding hydrogens is 250 g/mol. The third-order valence-electron chi connectivity index (χ3n) is 3.44. The van der Waals surface area contributed by atoms with E-state index in [1.54, 1.807) is 7.05 Å². The number of hydrogen-bond acceptors (Lipinski definition) is 3. The molecule has 0 amide bonds. The van der Waals surface area contributed by atoms with Gasteiger partial charge in [0.2, 0.25) is 0 Å². The van der Waals surface area contributed by atoms with E-state index >= 15 is 0 Å². The van der Waals surface area contributed by atoms with E-state index in [-0.39, 0.29) is 0 Å². The Morgan fingerprint density at radius 2 is 2.00 bits per heavy atom. The molecule has 0 aromatic heterocycles. The summed E-state index contributed by atoms with van der Waals surface area (Å²) in [5.74, 6) is 0.555. The normalized spacial score (nSPS) is 17.1. The molecular formula is C12H27N3O2S. The molecule has 0 spiro atoms. The number of nitrogens with zero attached hydrogens (tertiary/aromatic N) is 1. The minimum Gasteiger partial charge on any atom is -0.317 e. The van der Waals surface area contributed by atoms with Crippen molar-refractivity contribution in [3.8, 4) is 0 Å². The van der Waals surface area contributed by atoms with E-state index in [0.717, 1.165) is 38.8 Å². The van der Waals surface area contributed by atoms with Crippen LogP contribution in [0.2, 0.25) is 0 Å². The molecule has 18 heavy (non-hydrogen) atoms. The lowest BCUT2D eigenvalue weighted by Gasteiger charge is -2.26. The molecule has 108 valence electrons. The van der Waals surface area contributed by atoms with Crippen LogP contribution in [0.1, 0.15) is 39.0 Å². The minimum absolute atomic E-state index is 0.555. The Morgan fingerprint density at radius 3 is 2.56 bits per heavy atom. The lowest BCUT2D eigenvalue weighted by molar-refractivity contribution is 0.313. The smallest absolute Gasteiger partial charge is 0.279 e. The Hall–Kier alpha value is -0.170. The lowest BCUT2D eigenvalue weighted by atomic mass is 9.86. The number of hydrogen-bond donors (Lipinski definition) is 2. The summed E-state index contributed by atoms with van der Waals surface area (Å²) in [6, 6.07) is 0. The largest absolute Gasteiger partial charge is 0.317 e. The molecule has 2 N–H and O–H groups in total. The van der Waals surface area contributed by atoms with Crippen LogP contribution < -0.4 is 10.0 Å². The van der Waals surface area contributed by atoms with Gasteiger partial charge in [-0.1, -0.05) is 13.3 Å². The van der Waals surface area contributed by atoms with Gasteiger partial charge in [0.15, 0.2) is 0 Å². The van der Waals surface area contributed by atoms with E-state index in [1.165, 1.54) is 10.7 Å². The van der Waals surface area contributed by atoms with Gasteiger partial charge < -0.3 is 5.32 Å². The predicted octanol–water partition coefficient (Wildman–Crippen LogP) is 0.942. The van der Waals surface area contributed by atoms with E-state index in [9.17, 15) is 8.42 Å². The van der Waals surface area contributed by atoms with E-state index in [2.05, 4.69) is 17.0 Å². The van der Waals surface area contributed by atoms with Crippen LogP contribution in [0.3, 0.4) is 0 Å². The van der Waals surface area contributed by atoms with Gasteiger partial charge in [-0.25, -0.2) is 4.72 Å². The topological polar surface area (TPSA) is 61.4 Å². The van der Waals surface area contributed by atoms with Crippen LogP contribution in [-0.4, -0.2) is 45.9 Å². The molecule has 0 atom stereocenters. The number of rotatable bonds is 10. The Bertz CT molecular complexity index is 315. The van der Waals surface area contributed by atoms with Crippen LogP contribution in [0.15, 0.2) is 0 Å². The van der Waals surface area contributed by atoms with Crippen molar-refractivity contribution in [2.24, 2.45) is 5.92 Å². The summed E-state index contributed by atoms with van der Waals surface area (Å²) in [5, 5.41) is 3.27. The maximum atomic E-state index is 11.9. The molecule has 0 saturated heterocycles. The third kappa shape index (κ3) is 5.65. The quantitative estimate of drug-likeness (QED) is 0.584. The fourth-order valence-corrected chi connectivity index (χ4v) is 2.92. The van der Waals surface area contributed by atoms with Crippen molar-refractivity contribution in [1.29, 1.82) is 0 Å². The summed E-state index contributed by atoms with van der Waals surface area (Å²) < 4.78 is 27.9. The van der Waals surface area contributed by atoms with E-state index in [1.807, 2.05) is 0 Å². The van der Waals surface area contributed by atoms with Crippen LogP contribution in [0.25, 0.3) is 0 Å². The van der Waals surface area contributed by atoms with Gasteiger partial charge in [0.05, 0.1) is 0 Å². The summed E-state index contributed by atoms with van der Waals surface area (Å²) in [6.45, 7) is 5.15. The van der Waals surface area contributed by atoms with Gasteiger partial charge in [-0.15, -0.1) is 0 Å². The van der Waals surface area contributed by atoms with Crippen LogP contribution >= 0.6 is 0 Å². The summed E-state index contributed by atoms with van der Waals surface area (Å²) in [6.07, 6.45) is 5.52. The standard InChI is InChI=1S/C12H27N3O2S/c1-3-8-13-9-5-10-15(2)18(16,17)14-11-12-6-4-7-12/h12-14H,3-11H2,1-2H3.